The molecule has 1 aromatic heterocycles. The molecule has 2 aromatic carbocycles. The van der Waals surface area contributed by atoms with Crippen molar-refractivity contribution in [1.82, 2.24) is 14.8 Å². The fourth-order valence-corrected chi connectivity index (χ4v) is 2.91. The third-order valence-electron chi connectivity index (χ3n) is 3.56. The lowest BCUT2D eigenvalue weighted by molar-refractivity contribution is -0.384. The van der Waals surface area contributed by atoms with E-state index in [9.17, 15) is 14.9 Å². The number of benzene rings is 2. The van der Waals surface area contributed by atoms with Crippen LogP contribution in [0.15, 0.2) is 53.3 Å². The first-order chi connectivity index (χ1) is 12.4. The number of aryl methyl sites for hydroxylation is 1. The Labute approximate surface area is 157 Å². The summed E-state index contributed by atoms with van der Waals surface area (Å²) in [5.41, 5.74) is 2.22. The molecule has 1 heterocycles. The van der Waals surface area contributed by atoms with Gasteiger partial charge in [0.05, 0.1) is 10.6 Å². The molecule has 0 atom stereocenters. The van der Waals surface area contributed by atoms with Gasteiger partial charge in [-0.1, -0.05) is 18.2 Å². The first-order valence-corrected chi connectivity index (χ1v) is 8.42. The van der Waals surface area contributed by atoms with Gasteiger partial charge in [-0.2, -0.15) is 5.10 Å². The zero-order valence-corrected chi connectivity index (χ0v) is 15.3. The van der Waals surface area contributed by atoms with Crippen molar-refractivity contribution in [2.24, 2.45) is 0 Å². The smallest absolute Gasteiger partial charge is 0.270 e. The Hall–Kier alpha value is -3.07. The van der Waals surface area contributed by atoms with E-state index in [-0.39, 0.29) is 18.1 Å². The van der Waals surface area contributed by atoms with Crippen LogP contribution >= 0.6 is 15.9 Å². The monoisotopic (exact) mass is 415 g/mol. The number of carbonyl (C=O) groups is 1. The molecule has 3 rings (SSSR count). The number of hydrogen-bond acceptors (Lipinski definition) is 5. The molecular formula is C17H14BrN5O3. The Morgan fingerprint density at radius 3 is 2.85 bits per heavy atom. The van der Waals surface area contributed by atoms with E-state index in [1.165, 1.54) is 23.1 Å². The van der Waals surface area contributed by atoms with E-state index < -0.39 is 4.92 Å². The van der Waals surface area contributed by atoms with Crippen LogP contribution in [0, 0.1) is 17.0 Å². The van der Waals surface area contributed by atoms with Crippen molar-refractivity contribution in [2.75, 3.05) is 5.32 Å². The van der Waals surface area contributed by atoms with E-state index in [4.69, 9.17) is 0 Å². The summed E-state index contributed by atoms with van der Waals surface area (Å²) in [4.78, 5) is 26.7. The van der Waals surface area contributed by atoms with Gasteiger partial charge in [0, 0.05) is 22.2 Å². The average Bonchev–Trinajstić information content (AvgIpc) is 3.06. The summed E-state index contributed by atoms with van der Waals surface area (Å²) in [5.74, 6) is 0.0584. The number of aromatic nitrogens is 3. The van der Waals surface area contributed by atoms with Crippen LogP contribution in [0.5, 0.6) is 0 Å². The number of amides is 1. The van der Waals surface area contributed by atoms with E-state index in [0.29, 0.717) is 17.1 Å². The molecule has 0 bridgehead atoms. The third kappa shape index (κ3) is 4.12. The summed E-state index contributed by atoms with van der Waals surface area (Å²) in [5, 5.41) is 17.9. The Kier molecular flexibility index (Phi) is 5.08. The number of rotatable bonds is 5. The van der Waals surface area contributed by atoms with Crippen LogP contribution in [0.25, 0.3) is 11.4 Å². The van der Waals surface area contributed by atoms with Crippen LogP contribution in [0.4, 0.5) is 11.4 Å². The molecule has 1 N–H and O–H groups in total. The topological polar surface area (TPSA) is 103 Å². The van der Waals surface area contributed by atoms with Gasteiger partial charge in [0.15, 0.2) is 5.82 Å². The average molecular weight is 416 g/mol. The largest absolute Gasteiger partial charge is 0.323 e. The highest BCUT2D eigenvalue weighted by Crippen LogP contribution is 2.23. The highest BCUT2D eigenvalue weighted by atomic mass is 79.9. The summed E-state index contributed by atoms with van der Waals surface area (Å²) in [6.07, 6.45) is 1.41. The highest BCUT2D eigenvalue weighted by Gasteiger charge is 2.12. The first kappa shape index (κ1) is 17.7. The number of carbonyl (C=O) groups excluding carboxylic acids is 1. The van der Waals surface area contributed by atoms with Crippen LogP contribution in [0.2, 0.25) is 0 Å². The molecule has 0 aliphatic rings. The number of hydrogen-bond donors (Lipinski definition) is 1. The number of nitro benzene ring substituents is 1. The third-order valence-corrected chi connectivity index (χ3v) is 4.21. The number of nitro groups is 1. The van der Waals surface area contributed by atoms with Crippen molar-refractivity contribution >= 4 is 33.2 Å². The van der Waals surface area contributed by atoms with Crippen molar-refractivity contribution in [3.05, 3.63) is 68.9 Å². The normalized spacial score (nSPS) is 10.5. The molecule has 0 radical (unpaired) electrons. The van der Waals surface area contributed by atoms with Crippen LogP contribution in [-0.2, 0) is 11.3 Å². The van der Waals surface area contributed by atoms with E-state index in [0.717, 1.165) is 10.0 Å². The van der Waals surface area contributed by atoms with E-state index in [2.05, 4.69) is 31.3 Å². The lowest BCUT2D eigenvalue weighted by atomic mass is 10.2. The van der Waals surface area contributed by atoms with Gasteiger partial charge in [0.1, 0.15) is 12.9 Å². The van der Waals surface area contributed by atoms with E-state index in [1.54, 1.807) is 12.1 Å². The van der Waals surface area contributed by atoms with Gasteiger partial charge in [0.25, 0.3) is 5.69 Å². The second-order valence-corrected chi connectivity index (χ2v) is 6.46. The fraction of sp³-hybridized carbons (Fsp3) is 0.118. The number of halogens is 1. The van der Waals surface area contributed by atoms with Gasteiger partial charge in [-0.15, -0.1) is 0 Å². The predicted octanol–water partition coefficient (Wildman–Crippen LogP) is 3.56. The Bertz CT molecular complexity index is 986. The Balaban J connectivity index is 1.71. The lowest BCUT2D eigenvalue weighted by Crippen LogP contribution is -2.19. The molecule has 0 spiro atoms. The second-order valence-electron chi connectivity index (χ2n) is 5.60. The SMILES string of the molecule is Cc1ccc(NC(=O)Cn2cnc(-c3cccc([N+](=O)[O-])c3)n2)c(Br)c1. The highest BCUT2D eigenvalue weighted by molar-refractivity contribution is 9.10. The molecule has 0 saturated carbocycles. The summed E-state index contributed by atoms with van der Waals surface area (Å²) < 4.78 is 2.17. The maximum absolute atomic E-state index is 12.2. The zero-order valence-electron chi connectivity index (χ0n) is 13.7. The minimum atomic E-state index is -0.479. The lowest BCUT2D eigenvalue weighted by Gasteiger charge is -2.08. The van der Waals surface area contributed by atoms with E-state index in [1.807, 2.05) is 25.1 Å². The number of nitrogens with one attached hydrogen (secondary N) is 1. The van der Waals surface area contributed by atoms with Crippen molar-refractivity contribution < 1.29 is 9.72 Å². The van der Waals surface area contributed by atoms with Crippen molar-refractivity contribution in [3.63, 3.8) is 0 Å². The minimum Gasteiger partial charge on any atom is -0.323 e. The number of nitrogens with zero attached hydrogens (tertiary/aromatic N) is 4. The predicted molar refractivity (Wildman–Crippen MR) is 99.6 cm³/mol. The molecule has 0 aliphatic heterocycles. The van der Waals surface area contributed by atoms with Gasteiger partial charge < -0.3 is 5.32 Å². The van der Waals surface area contributed by atoms with Gasteiger partial charge in [-0.25, -0.2) is 9.67 Å². The van der Waals surface area contributed by atoms with Gasteiger partial charge in [-0.05, 0) is 40.5 Å². The number of non-ortho nitro benzene ring substituents is 1. The molecule has 132 valence electrons. The maximum Gasteiger partial charge on any atom is 0.270 e. The van der Waals surface area contributed by atoms with Gasteiger partial charge >= 0.3 is 0 Å². The molecule has 1 amide bonds. The quantitative estimate of drug-likeness (QED) is 0.506. The van der Waals surface area contributed by atoms with Crippen molar-refractivity contribution in [1.29, 1.82) is 0 Å². The molecule has 0 unspecified atom stereocenters. The van der Waals surface area contributed by atoms with Crippen molar-refractivity contribution in [2.45, 2.75) is 13.5 Å². The first-order valence-electron chi connectivity index (χ1n) is 7.62. The zero-order chi connectivity index (χ0) is 18.7. The molecule has 8 nitrogen and oxygen atoms in total. The fourth-order valence-electron chi connectivity index (χ4n) is 2.32. The molecule has 0 saturated heterocycles. The molecular weight excluding hydrogens is 402 g/mol. The number of anilines is 1. The maximum atomic E-state index is 12.2. The second kappa shape index (κ2) is 7.44. The van der Waals surface area contributed by atoms with Crippen LogP contribution in [0.3, 0.4) is 0 Å². The minimum absolute atomic E-state index is 0.0256. The Morgan fingerprint density at radius 2 is 2.12 bits per heavy atom. The molecule has 0 fully saturated rings. The summed E-state index contributed by atoms with van der Waals surface area (Å²) >= 11 is 3.41. The Morgan fingerprint density at radius 1 is 1.31 bits per heavy atom. The molecule has 3 aromatic rings. The summed E-state index contributed by atoms with van der Waals surface area (Å²) in [6.45, 7) is 1.93. The summed E-state index contributed by atoms with van der Waals surface area (Å²) in [7, 11) is 0. The van der Waals surface area contributed by atoms with Crippen LogP contribution in [0.1, 0.15) is 5.56 Å². The van der Waals surface area contributed by atoms with Crippen LogP contribution in [-0.4, -0.2) is 25.6 Å². The standard InChI is InChI=1S/C17H14BrN5O3/c1-11-5-6-15(14(18)7-11)20-16(24)9-22-10-19-17(21-22)12-3-2-4-13(8-12)23(25)26/h2-8,10H,9H2,1H3,(H,20,24). The van der Waals surface area contributed by atoms with Gasteiger partial charge in [0.2, 0.25) is 5.91 Å². The molecule has 9 heteroatoms. The van der Waals surface area contributed by atoms with E-state index >= 15 is 0 Å². The summed E-state index contributed by atoms with van der Waals surface area (Å²) in [6, 6.07) is 11.7. The van der Waals surface area contributed by atoms with Crippen molar-refractivity contribution in [3.8, 4) is 11.4 Å². The van der Waals surface area contributed by atoms with Gasteiger partial charge in [-0.3, -0.25) is 14.9 Å². The molecule has 26 heavy (non-hydrogen) atoms. The molecule has 0 aliphatic carbocycles. The van der Waals surface area contributed by atoms with Crippen LogP contribution < -0.4 is 5.32 Å².